The smallest absolute Gasteiger partial charge is 0.0359 e. The molecule has 0 saturated heterocycles. The van der Waals surface area contributed by atoms with E-state index in [9.17, 15) is 0 Å². The van der Waals surface area contributed by atoms with Crippen LogP contribution in [0.25, 0.3) is 0 Å². The van der Waals surface area contributed by atoms with Crippen molar-refractivity contribution >= 4 is 11.3 Å². The fraction of sp³-hybridized carbons (Fsp3) is 0.692. The maximum Gasteiger partial charge on any atom is 0.0359 e. The molecule has 0 aliphatic heterocycles. The van der Waals surface area contributed by atoms with Crippen LogP contribution in [0.1, 0.15) is 44.2 Å². The van der Waals surface area contributed by atoms with Crippen LogP contribution in [0.5, 0.6) is 0 Å². The SMILES string of the molecule is CCNC(c1ccsc1C)C(C)C(C)C. The third-order valence-electron chi connectivity index (χ3n) is 3.24. The first-order chi connectivity index (χ1) is 7.07. The molecular weight excluding hydrogens is 202 g/mol. The quantitative estimate of drug-likeness (QED) is 0.798. The van der Waals surface area contributed by atoms with Gasteiger partial charge in [0, 0.05) is 10.9 Å². The molecule has 1 nitrogen and oxygen atoms in total. The fourth-order valence-electron chi connectivity index (χ4n) is 1.90. The van der Waals surface area contributed by atoms with E-state index in [1.54, 1.807) is 0 Å². The lowest BCUT2D eigenvalue weighted by Gasteiger charge is -2.28. The number of hydrogen-bond acceptors (Lipinski definition) is 2. The van der Waals surface area contributed by atoms with Crippen molar-refractivity contribution in [3.8, 4) is 0 Å². The van der Waals surface area contributed by atoms with Gasteiger partial charge in [0.1, 0.15) is 0 Å². The Morgan fingerprint density at radius 3 is 2.40 bits per heavy atom. The average molecular weight is 225 g/mol. The Balaban J connectivity index is 2.87. The Morgan fingerprint density at radius 1 is 1.33 bits per heavy atom. The lowest BCUT2D eigenvalue weighted by molar-refractivity contribution is 0.307. The van der Waals surface area contributed by atoms with Crippen LogP contribution < -0.4 is 5.32 Å². The van der Waals surface area contributed by atoms with Crippen molar-refractivity contribution in [1.29, 1.82) is 0 Å². The predicted octanol–water partition coefficient (Wildman–Crippen LogP) is 4.00. The molecule has 0 spiro atoms. The van der Waals surface area contributed by atoms with Crippen molar-refractivity contribution in [1.82, 2.24) is 5.32 Å². The van der Waals surface area contributed by atoms with Crippen molar-refractivity contribution < 1.29 is 0 Å². The lowest BCUT2D eigenvalue weighted by atomic mass is 9.86. The van der Waals surface area contributed by atoms with E-state index in [1.807, 2.05) is 11.3 Å². The second kappa shape index (κ2) is 5.66. The van der Waals surface area contributed by atoms with Gasteiger partial charge in [-0.25, -0.2) is 0 Å². The van der Waals surface area contributed by atoms with E-state index >= 15 is 0 Å². The highest BCUT2D eigenvalue weighted by molar-refractivity contribution is 7.10. The van der Waals surface area contributed by atoms with Gasteiger partial charge in [-0.05, 0) is 42.3 Å². The van der Waals surface area contributed by atoms with E-state index in [4.69, 9.17) is 0 Å². The third kappa shape index (κ3) is 3.05. The number of rotatable bonds is 5. The van der Waals surface area contributed by atoms with Crippen molar-refractivity contribution in [3.05, 3.63) is 21.9 Å². The van der Waals surface area contributed by atoms with Crippen LogP contribution in [0.2, 0.25) is 0 Å². The highest BCUT2D eigenvalue weighted by Crippen LogP contribution is 2.31. The second-order valence-electron chi connectivity index (χ2n) is 4.57. The van der Waals surface area contributed by atoms with Crippen molar-refractivity contribution in [2.45, 2.75) is 40.7 Å². The van der Waals surface area contributed by atoms with Crippen LogP contribution >= 0.6 is 11.3 Å². The third-order valence-corrected chi connectivity index (χ3v) is 4.10. The van der Waals surface area contributed by atoms with E-state index in [-0.39, 0.29) is 0 Å². The molecule has 1 N–H and O–H groups in total. The highest BCUT2D eigenvalue weighted by atomic mass is 32.1. The molecule has 1 aromatic rings. The van der Waals surface area contributed by atoms with Crippen LogP contribution in [0.4, 0.5) is 0 Å². The Bertz CT molecular complexity index is 290. The molecule has 0 saturated carbocycles. The van der Waals surface area contributed by atoms with Crippen molar-refractivity contribution in [2.24, 2.45) is 11.8 Å². The lowest BCUT2D eigenvalue weighted by Crippen LogP contribution is -2.29. The van der Waals surface area contributed by atoms with Gasteiger partial charge in [0.15, 0.2) is 0 Å². The van der Waals surface area contributed by atoms with E-state index in [0.717, 1.165) is 6.54 Å². The molecule has 86 valence electrons. The standard InChI is InChI=1S/C13H23NS/c1-6-14-13(10(4)9(2)3)12-7-8-15-11(12)5/h7-10,13-14H,6H2,1-5H3. The minimum atomic E-state index is 0.515. The van der Waals surface area contributed by atoms with E-state index in [2.05, 4.69) is 51.4 Å². The molecule has 0 radical (unpaired) electrons. The van der Waals surface area contributed by atoms with Crippen molar-refractivity contribution in [2.75, 3.05) is 6.54 Å². The topological polar surface area (TPSA) is 12.0 Å². The largest absolute Gasteiger partial charge is 0.310 e. The van der Waals surface area contributed by atoms with Crippen LogP contribution in [0.15, 0.2) is 11.4 Å². The van der Waals surface area contributed by atoms with Crippen molar-refractivity contribution in [3.63, 3.8) is 0 Å². The maximum atomic E-state index is 3.61. The first-order valence-electron chi connectivity index (χ1n) is 5.85. The van der Waals surface area contributed by atoms with Gasteiger partial charge in [-0.2, -0.15) is 0 Å². The highest BCUT2D eigenvalue weighted by Gasteiger charge is 2.22. The molecule has 0 bridgehead atoms. The van der Waals surface area contributed by atoms with Gasteiger partial charge >= 0.3 is 0 Å². The molecule has 2 heteroatoms. The number of aryl methyl sites for hydroxylation is 1. The van der Waals surface area contributed by atoms with E-state index in [1.165, 1.54) is 10.4 Å². The molecule has 0 amide bonds. The van der Waals surface area contributed by atoms with Gasteiger partial charge in [-0.15, -0.1) is 11.3 Å². The molecule has 15 heavy (non-hydrogen) atoms. The predicted molar refractivity (Wildman–Crippen MR) is 69.5 cm³/mol. The molecule has 0 aromatic carbocycles. The summed E-state index contributed by atoms with van der Waals surface area (Å²) in [6.45, 7) is 12.4. The average Bonchev–Trinajstić information content (AvgIpc) is 2.59. The number of nitrogens with one attached hydrogen (secondary N) is 1. The Labute approximate surface area is 97.9 Å². The molecule has 0 fully saturated rings. The van der Waals surface area contributed by atoms with Crippen LogP contribution in [0, 0.1) is 18.8 Å². The normalized spacial score (nSPS) is 15.6. The van der Waals surface area contributed by atoms with Gasteiger partial charge in [0.25, 0.3) is 0 Å². The van der Waals surface area contributed by atoms with Gasteiger partial charge in [0.2, 0.25) is 0 Å². The first kappa shape index (κ1) is 12.7. The summed E-state index contributed by atoms with van der Waals surface area (Å²) >= 11 is 1.85. The number of hydrogen-bond donors (Lipinski definition) is 1. The molecule has 2 unspecified atom stereocenters. The monoisotopic (exact) mass is 225 g/mol. The summed E-state index contributed by atoms with van der Waals surface area (Å²) in [6.07, 6.45) is 0. The molecule has 1 rings (SSSR count). The van der Waals surface area contributed by atoms with Gasteiger partial charge in [-0.3, -0.25) is 0 Å². The van der Waals surface area contributed by atoms with Crippen LogP contribution in [-0.4, -0.2) is 6.54 Å². The summed E-state index contributed by atoms with van der Waals surface area (Å²) in [5.41, 5.74) is 1.49. The second-order valence-corrected chi connectivity index (χ2v) is 5.69. The molecule has 0 aliphatic rings. The first-order valence-corrected chi connectivity index (χ1v) is 6.73. The zero-order valence-corrected chi connectivity index (χ0v) is 11.3. The summed E-state index contributed by atoms with van der Waals surface area (Å²) in [5, 5.41) is 5.81. The molecule has 1 heterocycles. The van der Waals surface area contributed by atoms with Gasteiger partial charge in [-0.1, -0.05) is 27.7 Å². The Kier molecular flexibility index (Phi) is 4.81. The summed E-state index contributed by atoms with van der Waals surface area (Å²) < 4.78 is 0. The fourth-order valence-corrected chi connectivity index (χ4v) is 2.65. The molecule has 1 aromatic heterocycles. The zero-order valence-electron chi connectivity index (χ0n) is 10.5. The Morgan fingerprint density at radius 2 is 2.00 bits per heavy atom. The number of thiophene rings is 1. The van der Waals surface area contributed by atoms with E-state index < -0.39 is 0 Å². The minimum absolute atomic E-state index is 0.515. The van der Waals surface area contributed by atoms with Gasteiger partial charge in [0.05, 0.1) is 0 Å². The molecule has 0 aliphatic carbocycles. The molecule has 2 atom stereocenters. The minimum Gasteiger partial charge on any atom is -0.310 e. The molecular formula is C13H23NS. The maximum absolute atomic E-state index is 3.61. The zero-order chi connectivity index (χ0) is 11.4. The van der Waals surface area contributed by atoms with Gasteiger partial charge < -0.3 is 5.32 Å². The van der Waals surface area contributed by atoms with Crippen LogP contribution in [0.3, 0.4) is 0 Å². The van der Waals surface area contributed by atoms with Crippen LogP contribution in [-0.2, 0) is 0 Å². The summed E-state index contributed by atoms with van der Waals surface area (Å²) in [7, 11) is 0. The Hall–Kier alpha value is -0.340. The van der Waals surface area contributed by atoms with E-state index in [0.29, 0.717) is 17.9 Å². The summed E-state index contributed by atoms with van der Waals surface area (Å²) in [5.74, 6) is 1.39. The summed E-state index contributed by atoms with van der Waals surface area (Å²) in [6, 6.07) is 2.79. The summed E-state index contributed by atoms with van der Waals surface area (Å²) in [4.78, 5) is 1.45.